The summed E-state index contributed by atoms with van der Waals surface area (Å²) in [7, 11) is 0. The third-order valence-corrected chi connectivity index (χ3v) is 4.64. The number of nitrogens with zero attached hydrogens (tertiary/aromatic N) is 2. The summed E-state index contributed by atoms with van der Waals surface area (Å²) < 4.78 is 5.32. The van der Waals surface area contributed by atoms with Gasteiger partial charge in [0, 0.05) is 0 Å². The number of hydrogen-bond acceptors (Lipinski definition) is 5. The summed E-state index contributed by atoms with van der Waals surface area (Å²) in [5.41, 5.74) is 0.0274. The SMILES string of the molecule is CC(C)(C)OC(=O)CN(C(=O)CN1C(=O)c2ccccc2C1=O)c1ccccc1Cl. The monoisotopic (exact) mass is 428 g/mol. The first kappa shape index (κ1) is 21.5. The van der Waals surface area contributed by atoms with E-state index in [1.807, 2.05) is 0 Å². The van der Waals surface area contributed by atoms with Crippen LogP contribution < -0.4 is 4.90 Å². The molecule has 1 aliphatic heterocycles. The van der Waals surface area contributed by atoms with Gasteiger partial charge in [-0.25, -0.2) is 0 Å². The maximum Gasteiger partial charge on any atom is 0.326 e. The third kappa shape index (κ3) is 4.52. The molecule has 0 aromatic heterocycles. The first-order valence-electron chi connectivity index (χ1n) is 9.30. The van der Waals surface area contributed by atoms with E-state index in [4.69, 9.17) is 16.3 Å². The van der Waals surface area contributed by atoms with Gasteiger partial charge >= 0.3 is 5.97 Å². The number of ether oxygens (including phenoxy) is 1. The van der Waals surface area contributed by atoms with Gasteiger partial charge in [-0.2, -0.15) is 0 Å². The van der Waals surface area contributed by atoms with Crippen LogP contribution >= 0.6 is 11.6 Å². The second-order valence-corrected chi connectivity index (χ2v) is 8.17. The van der Waals surface area contributed by atoms with Crippen molar-refractivity contribution in [3.63, 3.8) is 0 Å². The summed E-state index contributed by atoms with van der Waals surface area (Å²) >= 11 is 6.23. The molecule has 2 aromatic rings. The van der Waals surface area contributed by atoms with Crippen molar-refractivity contribution in [3.8, 4) is 0 Å². The molecule has 0 atom stereocenters. The predicted octanol–water partition coefficient (Wildman–Crippen LogP) is 3.31. The van der Waals surface area contributed by atoms with Crippen LogP contribution in [0.2, 0.25) is 5.02 Å². The first-order chi connectivity index (χ1) is 14.1. The van der Waals surface area contributed by atoms with Crippen LogP contribution in [0.25, 0.3) is 0 Å². The standard InChI is InChI=1S/C22H21ClN2O5/c1-22(2,3)30-19(27)13-24(17-11-7-6-10-16(17)23)18(26)12-25-20(28)14-8-4-5-9-15(14)21(25)29/h4-11H,12-13H2,1-3H3. The lowest BCUT2D eigenvalue weighted by Crippen LogP contribution is -2.45. The van der Waals surface area contributed by atoms with E-state index in [9.17, 15) is 19.2 Å². The molecule has 0 N–H and O–H groups in total. The van der Waals surface area contributed by atoms with Crippen molar-refractivity contribution in [1.82, 2.24) is 4.90 Å². The highest BCUT2D eigenvalue weighted by Crippen LogP contribution is 2.27. The van der Waals surface area contributed by atoms with Gasteiger partial charge in [-0.3, -0.25) is 29.0 Å². The van der Waals surface area contributed by atoms with Gasteiger partial charge in [-0.15, -0.1) is 0 Å². The van der Waals surface area contributed by atoms with E-state index in [2.05, 4.69) is 0 Å². The minimum atomic E-state index is -0.741. The van der Waals surface area contributed by atoms with Gasteiger partial charge in [-0.05, 0) is 45.0 Å². The first-order valence-corrected chi connectivity index (χ1v) is 9.68. The Balaban J connectivity index is 1.86. The smallest absolute Gasteiger partial charge is 0.326 e. The Kier molecular flexibility index (Phi) is 5.94. The van der Waals surface area contributed by atoms with Crippen LogP contribution in [-0.2, 0) is 14.3 Å². The molecule has 0 unspecified atom stereocenters. The van der Waals surface area contributed by atoms with E-state index in [-0.39, 0.29) is 21.8 Å². The molecule has 0 fully saturated rings. The highest BCUT2D eigenvalue weighted by atomic mass is 35.5. The molecular formula is C22H21ClN2O5. The Morgan fingerprint density at radius 1 is 0.967 bits per heavy atom. The van der Waals surface area contributed by atoms with Crippen molar-refractivity contribution in [1.29, 1.82) is 0 Å². The number of fused-ring (bicyclic) bond motifs is 1. The quantitative estimate of drug-likeness (QED) is 0.539. The van der Waals surface area contributed by atoms with Gasteiger partial charge in [0.25, 0.3) is 11.8 Å². The molecule has 7 nitrogen and oxygen atoms in total. The third-order valence-electron chi connectivity index (χ3n) is 4.32. The molecular weight excluding hydrogens is 408 g/mol. The number of carbonyl (C=O) groups excluding carboxylic acids is 4. The summed E-state index contributed by atoms with van der Waals surface area (Å²) in [5.74, 6) is -2.39. The number of rotatable bonds is 5. The number of imide groups is 1. The fourth-order valence-electron chi connectivity index (χ4n) is 3.08. The molecule has 30 heavy (non-hydrogen) atoms. The molecule has 156 valence electrons. The number of benzene rings is 2. The van der Waals surface area contributed by atoms with Crippen molar-refractivity contribution < 1.29 is 23.9 Å². The molecule has 3 rings (SSSR count). The van der Waals surface area contributed by atoms with E-state index in [0.29, 0.717) is 0 Å². The van der Waals surface area contributed by atoms with Crippen LogP contribution in [0.3, 0.4) is 0 Å². The van der Waals surface area contributed by atoms with E-state index < -0.39 is 42.4 Å². The zero-order valence-corrected chi connectivity index (χ0v) is 17.6. The lowest BCUT2D eigenvalue weighted by Gasteiger charge is -2.27. The van der Waals surface area contributed by atoms with E-state index in [1.165, 1.54) is 12.1 Å². The van der Waals surface area contributed by atoms with Gasteiger partial charge in [0.1, 0.15) is 18.7 Å². The Bertz CT molecular complexity index is 993. The normalized spacial score (nSPS) is 13.3. The molecule has 1 aliphatic rings. The number of esters is 1. The number of hydrogen-bond donors (Lipinski definition) is 0. The Morgan fingerprint density at radius 3 is 2.03 bits per heavy atom. The molecule has 2 aromatic carbocycles. The maximum atomic E-state index is 13.1. The summed E-state index contributed by atoms with van der Waals surface area (Å²) in [5, 5.41) is 0.247. The highest BCUT2D eigenvalue weighted by Gasteiger charge is 2.37. The molecule has 3 amide bonds. The number of amides is 3. The van der Waals surface area contributed by atoms with Crippen LogP contribution in [0.1, 0.15) is 41.5 Å². The van der Waals surface area contributed by atoms with Crippen LogP contribution in [0.15, 0.2) is 48.5 Å². The zero-order valence-electron chi connectivity index (χ0n) is 16.8. The van der Waals surface area contributed by atoms with Crippen LogP contribution in [0.4, 0.5) is 5.69 Å². The molecule has 0 bridgehead atoms. The van der Waals surface area contributed by atoms with Crippen LogP contribution in [0, 0.1) is 0 Å². The lowest BCUT2D eigenvalue weighted by molar-refractivity contribution is -0.153. The number of carbonyl (C=O) groups is 4. The molecule has 0 spiro atoms. The van der Waals surface area contributed by atoms with E-state index in [0.717, 1.165) is 9.80 Å². The average molecular weight is 429 g/mol. The molecule has 0 aliphatic carbocycles. The largest absolute Gasteiger partial charge is 0.459 e. The lowest BCUT2D eigenvalue weighted by atomic mass is 10.1. The van der Waals surface area contributed by atoms with Crippen molar-refractivity contribution in [2.45, 2.75) is 26.4 Å². The van der Waals surface area contributed by atoms with Gasteiger partial charge < -0.3 is 4.74 Å². The summed E-state index contributed by atoms with van der Waals surface area (Å²) in [6.07, 6.45) is 0. The number of para-hydroxylation sites is 1. The Hall–Kier alpha value is -3.19. The summed E-state index contributed by atoms with van der Waals surface area (Å²) in [6.45, 7) is 4.20. The molecule has 0 saturated carbocycles. The maximum absolute atomic E-state index is 13.1. The van der Waals surface area contributed by atoms with Crippen molar-refractivity contribution in [2.24, 2.45) is 0 Å². The van der Waals surface area contributed by atoms with Gasteiger partial charge in [0.05, 0.1) is 21.8 Å². The van der Waals surface area contributed by atoms with Crippen molar-refractivity contribution >= 4 is 41.0 Å². The topological polar surface area (TPSA) is 84.0 Å². The minimum Gasteiger partial charge on any atom is -0.459 e. The fraction of sp³-hybridized carbons (Fsp3) is 0.273. The fourth-order valence-corrected chi connectivity index (χ4v) is 3.32. The number of halogens is 1. The summed E-state index contributed by atoms with van der Waals surface area (Å²) in [4.78, 5) is 52.7. The molecule has 0 saturated heterocycles. The number of anilines is 1. The van der Waals surface area contributed by atoms with E-state index in [1.54, 1.807) is 57.2 Å². The van der Waals surface area contributed by atoms with Crippen LogP contribution in [0.5, 0.6) is 0 Å². The van der Waals surface area contributed by atoms with Crippen molar-refractivity contribution in [3.05, 3.63) is 64.7 Å². The average Bonchev–Trinajstić information content (AvgIpc) is 2.90. The minimum absolute atomic E-state index is 0.242. The van der Waals surface area contributed by atoms with Crippen molar-refractivity contribution in [2.75, 3.05) is 18.0 Å². The highest BCUT2D eigenvalue weighted by molar-refractivity contribution is 6.34. The van der Waals surface area contributed by atoms with E-state index >= 15 is 0 Å². The second kappa shape index (κ2) is 8.28. The predicted molar refractivity (Wildman–Crippen MR) is 111 cm³/mol. The second-order valence-electron chi connectivity index (χ2n) is 7.76. The molecule has 1 heterocycles. The molecule has 0 radical (unpaired) electrons. The zero-order chi connectivity index (χ0) is 22.1. The van der Waals surface area contributed by atoms with Gasteiger partial charge in [0.2, 0.25) is 5.91 Å². The summed E-state index contributed by atoms with van der Waals surface area (Å²) in [6, 6.07) is 12.9. The van der Waals surface area contributed by atoms with Gasteiger partial charge in [0.15, 0.2) is 0 Å². The Morgan fingerprint density at radius 2 is 1.50 bits per heavy atom. The van der Waals surface area contributed by atoms with Crippen LogP contribution in [-0.4, -0.2) is 47.3 Å². The Labute approximate surface area is 179 Å². The van der Waals surface area contributed by atoms with Gasteiger partial charge in [-0.1, -0.05) is 35.9 Å². The molecule has 8 heteroatoms.